The lowest BCUT2D eigenvalue weighted by atomic mass is 9.99. The van der Waals surface area contributed by atoms with Crippen molar-refractivity contribution in [1.29, 1.82) is 0 Å². The van der Waals surface area contributed by atoms with Gasteiger partial charge in [-0.2, -0.15) is 0 Å². The van der Waals surface area contributed by atoms with Gasteiger partial charge in [0, 0.05) is 24.3 Å². The number of hydrogen-bond donors (Lipinski definition) is 1. The summed E-state index contributed by atoms with van der Waals surface area (Å²) in [5.74, 6) is 0.756. The highest BCUT2D eigenvalue weighted by molar-refractivity contribution is 5.96. The van der Waals surface area contributed by atoms with Crippen LogP contribution >= 0.6 is 0 Å². The molecule has 0 unspecified atom stereocenters. The first-order chi connectivity index (χ1) is 12.4. The summed E-state index contributed by atoms with van der Waals surface area (Å²) in [5.41, 5.74) is 5.30. The molecule has 26 heavy (non-hydrogen) atoms. The van der Waals surface area contributed by atoms with E-state index < -0.39 is 0 Å². The fraction of sp³-hybridized carbons (Fsp3) is 0.435. The number of nitrogens with zero attached hydrogens (tertiary/aromatic N) is 1. The average Bonchev–Trinajstić information content (AvgIpc) is 2.63. The quantitative estimate of drug-likeness (QED) is 0.839. The number of amides is 1. The third kappa shape index (κ3) is 4.27. The number of anilines is 1. The van der Waals surface area contributed by atoms with Crippen LogP contribution in [0, 0.1) is 19.8 Å². The minimum Gasteiger partial charge on any atom is -0.371 e. The second kappa shape index (κ2) is 7.94. The molecule has 138 valence electrons. The number of carbonyl (C=O) groups excluding carboxylic acids is 1. The Morgan fingerprint density at radius 3 is 2.58 bits per heavy atom. The molecule has 0 aliphatic carbocycles. The number of benzene rings is 2. The zero-order chi connectivity index (χ0) is 18.7. The van der Waals surface area contributed by atoms with Crippen molar-refractivity contribution in [2.75, 3.05) is 18.0 Å². The van der Waals surface area contributed by atoms with Crippen LogP contribution in [0.4, 0.5) is 5.69 Å². The average molecular weight is 351 g/mol. The third-order valence-electron chi connectivity index (χ3n) is 5.40. The van der Waals surface area contributed by atoms with Gasteiger partial charge in [0.05, 0.1) is 6.04 Å². The van der Waals surface area contributed by atoms with Crippen molar-refractivity contribution in [3.8, 4) is 0 Å². The number of carbonyl (C=O) groups is 1. The molecule has 1 N–H and O–H groups in total. The first kappa shape index (κ1) is 18.5. The van der Waals surface area contributed by atoms with Crippen LogP contribution in [0.25, 0.3) is 0 Å². The molecule has 3 heteroatoms. The maximum Gasteiger partial charge on any atom is 0.252 e. The molecule has 1 fully saturated rings. The van der Waals surface area contributed by atoms with Crippen molar-refractivity contribution >= 4 is 11.6 Å². The minimum absolute atomic E-state index is 0.00682. The SMILES string of the molecule is Cc1ccc(C)c(C(=O)N[C@@H](C)c2ccc(N3CCC[C@H](C)C3)cc2)c1. The number of hydrogen-bond acceptors (Lipinski definition) is 2. The molecule has 2 aromatic carbocycles. The second-order valence-electron chi connectivity index (χ2n) is 7.80. The highest BCUT2D eigenvalue weighted by Gasteiger charge is 2.17. The summed E-state index contributed by atoms with van der Waals surface area (Å²) in [6, 6.07) is 14.6. The molecular formula is C23H30N2O. The van der Waals surface area contributed by atoms with E-state index in [1.165, 1.54) is 18.5 Å². The lowest BCUT2D eigenvalue weighted by Crippen LogP contribution is -2.34. The summed E-state index contributed by atoms with van der Waals surface area (Å²) in [5, 5.41) is 3.13. The van der Waals surface area contributed by atoms with Crippen LogP contribution in [-0.4, -0.2) is 19.0 Å². The van der Waals surface area contributed by atoms with Crippen LogP contribution in [0.3, 0.4) is 0 Å². The molecule has 0 radical (unpaired) electrons. The normalized spacial score (nSPS) is 18.5. The molecular weight excluding hydrogens is 320 g/mol. The monoisotopic (exact) mass is 350 g/mol. The summed E-state index contributed by atoms with van der Waals surface area (Å²) < 4.78 is 0. The van der Waals surface area contributed by atoms with E-state index in [1.807, 2.05) is 39.0 Å². The largest absolute Gasteiger partial charge is 0.371 e. The summed E-state index contributed by atoms with van der Waals surface area (Å²) in [6.07, 6.45) is 2.60. The minimum atomic E-state index is -0.0169. The Bertz CT molecular complexity index is 766. The fourth-order valence-corrected chi connectivity index (χ4v) is 3.74. The van der Waals surface area contributed by atoms with E-state index in [1.54, 1.807) is 0 Å². The molecule has 1 heterocycles. The van der Waals surface area contributed by atoms with Gasteiger partial charge in [-0.25, -0.2) is 0 Å². The zero-order valence-electron chi connectivity index (χ0n) is 16.4. The maximum absolute atomic E-state index is 12.6. The molecule has 1 saturated heterocycles. The number of piperidine rings is 1. The molecule has 3 rings (SSSR count). The van der Waals surface area contributed by atoms with Crippen LogP contribution in [0.5, 0.6) is 0 Å². The van der Waals surface area contributed by atoms with Crippen molar-refractivity contribution in [2.45, 2.75) is 46.6 Å². The number of aryl methyl sites for hydroxylation is 2. The third-order valence-corrected chi connectivity index (χ3v) is 5.40. The predicted molar refractivity (Wildman–Crippen MR) is 109 cm³/mol. The van der Waals surface area contributed by atoms with E-state index in [2.05, 4.69) is 41.4 Å². The smallest absolute Gasteiger partial charge is 0.252 e. The van der Waals surface area contributed by atoms with E-state index >= 15 is 0 Å². The van der Waals surface area contributed by atoms with Crippen molar-refractivity contribution in [3.05, 3.63) is 64.7 Å². The summed E-state index contributed by atoms with van der Waals surface area (Å²) >= 11 is 0. The molecule has 1 aliphatic rings. The Kier molecular flexibility index (Phi) is 5.65. The van der Waals surface area contributed by atoms with Gasteiger partial charge in [-0.15, -0.1) is 0 Å². The van der Waals surface area contributed by atoms with Gasteiger partial charge in [0.25, 0.3) is 5.91 Å². The maximum atomic E-state index is 12.6. The zero-order valence-corrected chi connectivity index (χ0v) is 16.4. The van der Waals surface area contributed by atoms with Crippen LogP contribution in [-0.2, 0) is 0 Å². The van der Waals surface area contributed by atoms with E-state index in [4.69, 9.17) is 0 Å². The Morgan fingerprint density at radius 2 is 1.88 bits per heavy atom. The molecule has 1 amide bonds. The van der Waals surface area contributed by atoms with E-state index in [0.29, 0.717) is 0 Å². The van der Waals surface area contributed by atoms with Gasteiger partial charge in [0.1, 0.15) is 0 Å². The van der Waals surface area contributed by atoms with Gasteiger partial charge in [0.15, 0.2) is 0 Å². The number of nitrogens with one attached hydrogen (secondary N) is 1. The highest BCUT2D eigenvalue weighted by atomic mass is 16.1. The highest BCUT2D eigenvalue weighted by Crippen LogP contribution is 2.25. The Labute approximate surface area is 157 Å². The predicted octanol–water partition coefficient (Wildman–Crippen LogP) is 5.03. The van der Waals surface area contributed by atoms with Crippen LogP contribution in [0.15, 0.2) is 42.5 Å². The van der Waals surface area contributed by atoms with Gasteiger partial charge in [-0.1, -0.05) is 36.8 Å². The van der Waals surface area contributed by atoms with E-state index in [-0.39, 0.29) is 11.9 Å². The van der Waals surface area contributed by atoms with Gasteiger partial charge >= 0.3 is 0 Å². The molecule has 3 nitrogen and oxygen atoms in total. The summed E-state index contributed by atoms with van der Waals surface area (Å²) in [6.45, 7) is 10.6. The summed E-state index contributed by atoms with van der Waals surface area (Å²) in [4.78, 5) is 15.1. The standard InChI is InChI=1S/C23H30N2O/c1-16-7-8-18(3)22(14-16)23(26)24-19(4)20-9-11-21(12-10-20)25-13-5-6-17(2)15-25/h7-12,14,17,19H,5-6,13,15H2,1-4H3,(H,24,26)/t17-,19-/m0/s1. The molecule has 1 aliphatic heterocycles. The van der Waals surface area contributed by atoms with Gasteiger partial charge in [-0.05, 0) is 68.9 Å². The molecule has 0 bridgehead atoms. The molecule has 2 aromatic rings. The fourth-order valence-electron chi connectivity index (χ4n) is 3.74. The Morgan fingerprint density at radius 1 is 1.15 bits per heavy atom. The molecule has 0 saturated carbocycles. The van der Waals surface area contributed by atoms with Crippen molar-refractivity contribution in [3.63, 3.8) is 0 Å². The van der Waals surface area contributed by atoms with Crippen LogP contribution in [0.2, 0.25) is 0 Å². The van der Waals surface area contributed by atoms with Gasteiger partial charge in [-0.3, -0.25) is 4.79 Å². The lowest BCUT2D eigenvalue weighted by molar-refractivity contribution is 0.0939. The lowest BCUT2D eigenvalue weighted by Gasteiger charge is -2.33. The summed E-state index contributed by atoms with van der Waals surface area (Å²) in [7, 11) is 0. The second-order valence-corrected chi connectivity index (χ2v) is 7.80. The molecule has 2 atom stereocenters. The van der Waals surface area contributed by atoms with Crippen LogP contribution in [0.1, 0.15) is 59.8 Å². The van der Waals surface area contributed by atoms with Crippen molar-refractivity contribution in [2.24, 2.45) is 5.92 Å². The van der Waals surface area contributed by atoms with E-state index in [9.17, 15) is 4.79 Å². The molecule has 0 aromatic heterocycles. The number of rotatable bonds is 4. The van der Waals surface area contributed by atoms with Gasteiger partial charge in [0.2, 0.25) is 0 Å². The van der Waals surface area contributed by atoms with Crippen LogP contribution < -0.4 is 10.2 Å². The topological polar surface area (TPSA) is 32.3 Å². The van der Waals surface area contributed by atoms with Gasteiger partial charge < -0.3 is 10.2 Å². The Hall–Kier alpha value is -2.29. The van der Waals surface area contributed by atoms with E-state index in [0.717, 1.165) is 41.3 Å². The molecule has 0 spiro atoms. The Balaban J connectivity index is 1.67. The van der Waals surface area contributed by atoms with Crippen molar-refractivity contribution < 1.29 is 4.79 Å². The van der Waals surface area contributed by atoms with Crippen molar-refractivity contribution in [1.82, 2.24) is 5.32 Å². The first-order valence-electron chi connectivity index (χ1n) is 9.67. The first-order valence-corrected chi connectivity index (χ1v) is 9.67.